The number of amides is 2. The van der Waals surface area contributed by atoms with Crippen LogP contribution in [-0.4, -0.2) is 30.3 Å². The molecule has 5 nitrogen and oxygen atoms in total. The van der Waals surface area contributed by atoms with Gasteiger partial charge in [0.25, 0.3) is 0 Å². The first kappa shape index (κ1) is 19.0. The van der Waals surface area contributed by atoms with Crippen LogP contribution in [0.4, 0.5) is 18.9 Å². The molecule has 0 unspecified atom stereocenters. The van der Waals surface area contributed by atoms with Gasteiger partial charge in [0.15, 0.2) is 0 Å². The average Bonchev–Trinajstić information content (AvgIpc) is 3.19. The van der Waals surface area contributed by atoms with Crippen LogP contribution >= 0.6 is 0 Å². The third-order valence-corrected chi connectivity index (χ3v) is 4.52. The van der Waals surface area contributed by atoms with Gasteiger partial charge >= 0.3 is 6.18 Å². The number of benzene rings is 1. The minimum absolute atomic E-state index is 0.0311. The summed E-state index contributed by atoms with van der Waals surface area (Å²) in [6.07, 6.45) is -4.52. The van der Waals surface area contributed by atoms with Crippen molar-refractivity contribution >= 4 is 17.5 Å². The molecular weight excluding hydrogens is 361 g/mol. The maximum absolute atomic E-state index is 12.9. The molecule has 2 aromatic rings. The van der Waals surface area contributed by atoms with E-state index in [1.165, 1.54) is 21.9 Å². The Labute approximate surface area is 154 Å². The fraction of sp³-hybridized carbons (Fsp3) is 0.368. The van der Waals surface area contributed by atoms with Gasteiger partial charge in [0.1, 0.15) is 11.5 Å². The summed E-state index contributed by atoms with van der Waals surface area (Å²) in [6.45, 7) is 2.12. The van der Waals surface area contributed by atoms with E-state index in [1.807, 2.05) is 0 Å². The normalized spacial score (nSPS) is 17.4. The van der Waals surface area contributed by atoms with E-state index in [-0.39, 0.29) is 37.0 Å². The van der Waals surface area contributed by atoms with Gasteiger partial charge in [-0.3, -0.25) is 9.59 Å². The second-order valence-electron chi connectivity index (χ2n) is 6.66. The van der Waals surface area contributed by atoms with Gasteiger partial charge in [-0.15, -0.1) is 0 Å². The summed E-state index contributed by atoms with van der Waals surface area (Å²) in [5, 5.41) is 0. The molecule has 0 aliphatic carbocycles. The van der Waals surface area contributed by atoms with Crippen LogP contribution in [0.2, 0.25) is 0 Å². The van der Waals surface area contributed by atoms with Gasteiger partial charge in [-0.1, -0.05) is 6.07 Å². The third-order valence-electron chi connectivity index (χ3n) is 4.52. The summed E-state index contributed by atoms with van der Waals surface area (Å²) in [5.74, 6) is 0.148. The Morgan fingerprint density at radius 1 is 1.30 bits per heavy atom. The highest BCUT2D eigenvalue weighted by Crippen LogP contribution is 2.33. The molecule has 2 heterocycles. The van der Waals surface area contributed by atoms with Crippen molar-refractivity contribution < 1.29 is 27.2 Å². The number of alkyl halides is 3. The first-order valence-electron chi connectivity index (χ1n) is 8.43. The van der Waals surface area contributed by atoms with Crippen LogP contribution in [0.25, 0.3) is 0 Å². The summed E-state index contributed by atoms with van der Waals surface area (Å²) < 4.78 is 44.1. The van der Waals surface area contributed by atoms with E-state index in [9.17, 15) is 22.8 Å². The average molecular weight is 380 g/mol. The second-order valence-corrected chi connectivity index (χ2v) is 6.66. The largest absolute Gasteiger partial charge is 0.464 e. The monoisotopic (exact) mass is 380 g/mol. The van der Waals surface area contributed by atoms with E-state index in [2.05, 4.69) is 0 Å². The molecule has 1 aromatic heterocycles. The summed E-state index contributed by atoms with van der Waals surface area (Å²) in [7, 11) is 1.61. The highest BCUT2D eigenvalue weighted by Gasteiger charge is 2.38. The zero-order valence-electron chi connectivity index (χ0n) is 14.9. The molecule has 1 aromatic carbocycles. The zero-order chi connectivity index (χ0) is 19.8. The molecule has 1 fully saturated rings. The van der Waals surface area contributed by atoms with Gasteiger partial charge in [0.2, 0.25) is 11.8 Å². The molecule has 0 spiro atoms. The number of hydrogen-bond donors (Lipinski definition) is 0. The maximum atomic E-state index is 12.9. The van der Waals surface area contributed by atoms with Gasteiger partial charge in [0.05, 0.1) is 18.0 Å². The number of anilines is 1. The van der Waals surface area contributed by atoms with Gasteiger partial charge in [-0.2, -0.15) is 13.2 Å². The fourth-order valence-electron chi connectivity index (χ4n) is 3.17. The van der Waals surface area contributed by atoms with Crippen molar-refractivity contribution in [3.05, 3.63) is 53.5 Å². The summed E-state index contributed by atoms with van der Waals surface area (Å²) in [4.78, 5) is 27.6. The third kappa shape index (κ3) is 4.15. The van der Waals surface area contributed by atoms with E-state index in [1.54, 1.807) is 26.1 Å². The van der Waals surface area contributed by atoms with Crippen LogP contribution < -0.4 is 4.90 Å². The molecule has 0 N–H and O–H groups in total. The van der Waals surface area contributed by atoms with Crippen LogP contribution in [0.1, 0.15) is 23.5 Å². The number of rotatable bonds is 4. The Morgan fingerprint density at radius 2 is 2.04 bits per heavy atom. The molecule has 0 saturated carbocycles. The van der Waals surface area contributed by atoms with Crippen LogP contribution in [0, 0.1) is 12.8 Å². The Hall–Kier alpha value is -2.77. The molecule has 2 amide bonds. The Kier molecular flexibility index (Phi) is 4.99. The first-order valence-corrected chi connectivity index (χ1v) is 8.43. The minimum Gasteiger partial charge on any atom is -0.464 e. The highest BCUT2D eigenvalue weighted by atomic mass is 19.4. The molecule has 0 radical (unpaired) electrons. The van der Waals surface area contributed by atoms with Crippen molar-refractivity contribution in [1.82, 2.24) is 4.90 Å². The predicted molar refractivity (Wildman–Crippen MR) is 91.8 cm³/mol. The standard InChI is InChI=1S/C19H19F3N2O3/c1-12-6-7-16(27-12)11-23(2)18(26)13-8-17(25)24(10-13)15-5-3-4-14(9-15)19(20,21)22/h3-7,9,13H,8,10-11H2,1-2H3/t13-/m0/s1. The molecule has 1 atom stereocenters. The van der Waals surface area contributed by atoms with Gasteiger partial charge in [-0.25, -0.2) is 0 Å². The van der Waals surface area contributed by atoms with Crippen LogP contribution in [0.15, 0.2) is 40.8 Å². The lowest BCUT2D eigenvalue weighted by Crippen LogP contribution is -2.34. The van der Waals surface area contributed by atoms with Crippen molar-refractivity contribution in [2.45, 2.75) is 26.1 Å². The second kappa shape index (κ2) is 7.09. The Morgan fingerprint density at radius 3 is 2.67 bits per heavy atom. The van der Waals surface area contributed by atoms with Gasteiger partial charge < -0.3 is 14.2 Å². The number of carbonyl (C=O) groups excluding carboxylic acids is 2. The van der Waals surface area contributed by atoms with Crippen LogP contribution in [0.5, 0.6) is 0 Å². The highest BCUT2D eigenvalue weighted by molar-refractivity contribution is 6.00. The molecule has 8 heteroatoms. The Bertz CT molecular complexity index is 860. The van der Waals surface area contributed by atoms with Crippen molar-refractivity contribution in [2.24, 2.45) is 5.92 Å². The maximum Gasteiger partial charge on any atom is 0.416 e. The zero-order valence-corrected chi connectivity index (χ0v) is 14.9. The molecule has 0 bridgehead atoms. The van der Waals surface area contributed by atoms with Crippen molar-refractivity contribution in [2.75, 3.05) is 18.5 Å². The molecule has 144 valence electrons. The molecule has 27 heavy (non-hydrogen) atoms. The van der Waals surface area contributed by atoms with E-state index in [0.717, 1.165) is 17.9 Å². The summed E-state index contributed by atoms with van der Waals surface area (Å²) in [6, 6.07) is 8.14. The molecular formula is C19H19F3N2O3. The molecule has 1 saturated heterocycles. The molecule has 1 aliphatic heterocycles. The number of aryl methyl sites for hydroxylation is 1. The lowest BCUT2D eigenvalue weighted by Gasteiger charge is -2.21. The summed E-state index contributed by atoms with van der Waals surface area (Å²) in [5.41, 5.74) is -0.678. The van der Waals surface area contributed by atoms with Crippen LogP contribution in [0.3, 0.4) is 0 Å². The van der Waals surface area contributed by atoms with Crippen molar-refractivity contribution in [3.63, 3.8) is 0 Å². The van der Waals surface area contributed by atoms with Gasteiger partial charge in [-0.05, 0) is 37.3 Å². The number of halogens is 3. The SMILES string of the molecule is Cc1ccc(CN(C)C(=O)[C@H]2CC(=O)N(c3cccc(C(F)(F)F)c3)C2)o1. The Balaban J connectivity index is 1.70. The topological polar surface area (TPSA) is 53.8 Å². The summed E-state index contributed by atoms with van der Waals surface area (Å²) >= 11 is 0. The fourth-order valence-corrected chi connectivity index (χ4v) is 3.17. The minimum atomic E-state index is -4.49. The van der Waals surface area contributed by atoms with Gasteiger partial charge in [0, 0.05) is 25.7 Å². The lowest BCUT2D eigenvalue weighted by molar-refractivity contribution is -0.137. The lowest BCUT2D eigenvalue weighted by atomic mass is 10.1. The van der Waals surface area contributed by atoms with E-state index in [0.29, 0.717) is 5.76 Å². The quantitative estimate of drug-likeness (QED) is 0.814. The van der Waals surface area contributed by atoms with E-state index >= 15 is 0 Å². The number of hydrogen-bond acceptors (Lipinski definition) is 3. The van der Waals surface area contributed by atoms with Crippen molar-refractivity contribution in [1.29, 1.82) is 0 Å². The smallest absolute Gasteiger partial charge is 0.416 e. The van der Waals surface area contributed by atoms with E-state index in [4.69, 9.17) is 4.42 Å². The predicted octanol–water partition coefficient (Wildman–Crippen LogP) is 3.62. The number of nitrogens with zero attached hydrogens (tertiary/aromatic N) is 2. The first-order chi connectivity index (χ1) is 12.6. The van der Waals surface area contributed by atoms with Crippen molar-refractivity contribution in [3.8, 4) is 0 Å². The number of furan rings is 1. The van der Waals surface area contributed by atoms with E-state index < -0.39 is 17.7 Å². The number of carbonyl (C=O) groups is 2. The molecule has 1 aliphatic rings. The van der Waals surface area contributed by atoms with Crippen LogP contribution in [-0.2, 0) is 22.3 Å². The molecule has 3 rings (SSSR count).